The number of carbonyl (C=O) groups is 2. The van der Waals surface area contributed by atoms with Crippen molar-refractivity contribution in [2.45, 2.75) is 63.2 Å². The fourth-order valence-corrected chi connectivity index (χ4v) is 4.76. The lowest BCUT2D eigenvalue weighted by atomic mass is 9.86. The van der Waals surface area contributed by atoms with E-state index in [1.807, 2.05) is 6.92 Å². The first-order chi connectivity index (χ1) is 11.9. The van der Waals surface area contributed by atoms with Crippen molar-refractivity contribution in [1.82, 2.24) is 9.80 Å². The monoisotopic (exact) mass is 337 g/mol. The van der Waals surface area contributed by atoms with Crippen molar-refractivity contribution < 1.29 is 9.59 Å². The van der Waals surface area contributed by atoms with Crippen LogP contribution in [-0.4, -0.2) is 46.3 Å². The molecule has 4 rings (SSSR count). The second-order valence-electron chi connectivity index (χ2n) is 7.84. The minimum Gasteiger partial charge on any atom is -0.332 e. The molecule has 0 saturated carbocycles. The molecule has 5 nitrogen and oxygen atoms in total. The number of nitrogens with zero attached hydrogens (tertiary/aromatic N) is 3. The van der Waals surface area contributed by atoms with Gasteiger partial charge in [-0.25, -0.2) is 6.57 Å². The van der Waals surface area contributed by atoms with Crippen LogP contribution in [0.3, 0.4) is 0 Å². The molecule has 2 saturated heterocycles. The summed E-state index contributed by atoms with van der Waals surface area (Å²) in [5.74, 6) is -0.101. The number of carbonyl (C=O) groups excluding carboxylic acids is 2. The van der Waals surface area contributed by atoms with Gasteiger partial charge in [-0.1, -0.05) is 18.2 Å². The molecule has 2 heterocycles. The third-order valence-corrected chi connectivity index (χ3v) is 6.33. The molecule has 25 heavy (non-hydrogen) atoms. The molecule has 0 bridgehead atoms. The number of likely N-dealkylation sites (N-methyl/N-ethyl adjacent to an activating group) is 1. The van der Waals surface area contributed by atoms with Crippen LogP contribution in [0.25, 0.3) is 4.85 Å². The summed E-state index contributed by atoms with van der Waals surface area (Å²) in [6.07, 6.45) is 3.72. The van der Waals surface area contributed by atoms with E-state index < -0.39 is 17.6 Å². The fourth-order valence-electron chi connectivity index (χ4n) is 4.76. The Balaban J connectivity index is 1.83. The van der Waals surface area contributed by atoms with Crippen molar-refractivity contribution in [2.24, 2.45) is 0 Å². The van der Waals surface area contributed by atoms with Crippen LogP contribution in [0.5, 0.6) is 0 Å². The summed E-state index contributed by atoms with van der Waals surface area (Å²) in [7, 11) is 1.68. The number of rotatable bonds is 1. The average molecular weight is 337 g/mol. The second kappa shape index (κ2) is 5.32. The van der Waals surface area contributed by atoms with Crippen LogP contribution in [0.4, 0.5) is 0 Å². The van der Waals surface area contributed by atoms with E-state index in [2.05, 4.69) is 23.0 Å². The van der Waals surface area contributed by atoms with E-state index >= 15 is 0 Å². The molecule has 130 valence electrons. The molecule has 0 spiro atoms. The molecule has 0 N–H and O–H groups in total. The predicted molar refractivity (Wildman–Crippen MR) is 93.7 cm³/mol. The minimum absolute atomic E-state index is 0.0503. The minimum atomic E-state index is -0.770. The normalized spacial score (nSPS) is 34.1. The number of fused-ring (bicyclic) bond motifs is 2. The molecule has 1 aromatic rings. The van der Waals surface area contributed by atoms with Gasteiger partial charge >= 0.3 is 0 Å². The summed E-state index contributed by atoms with van der Waals surface area (Å²) in [5, 5.41) is 0. The SMILES string of the molecule is [C-]#[N+][C@@]1(C)C[C@H]2C(=O)N(C)[C@H](C)C(=O)N2C1c1ccc2c(c1)CCC2. The molecule has 2 fully saturated rings. The maximum Gasteiger partial charge on any atom is 0.256 e. The van der Waals surface area contributed by atoms with Gasteiger partial charge in [-0.2, -0.15) is 0 Å². The summed E-state index contributed by atoms with van der Waals surface area (Å²) in [5.41, 5.74) is 2.93. The van der Waals surface area contributed by atoms with E-state index in [-0.39, 0.29) is 17.9 Å². The van der Waals surface area contributed by atoms with Crippen LogP contribution in [0, 0.1) is 6.57 Å². The molecular formula is C20H23N3O2. The topological polar surface area (TPSA) is 45.0 Å². The lowest BCUT2D eigenvalue weighted by Crippen LogP contribution is -2.60. The van der Waals surface area contributed by atoms with E-state index in [4.69, 9.17) is 6.57 Å². The van der Waals surface area contributed by atoms with Gasteiger partial charge in [0.2, 0.25) is 11.8 Å². The standard InChI is InChI=1S/C20H23N3O2/c1-12-18(24)23-16(19(25)22(12)4)11-20(2,21-3)17(23)15-9-8-13-6-5-7-14(13)10-15/h8-10,12,16-17H,5-7,11H2,1-2,4H3/t12-,16+,17?,20+/m1/s1. The van der Waals surface area contributed by atoms with E-state index in [9.17, 15) is 9.59 Å². The van der Waals surface area contributed by atoms with Gasteiger partial charge in [0.1, 0.15) is 18.1 Å². The first kappa shape index (κ1) is 16.1. The van der Waals surface area contributed by atoms with Crippen molar-refractivity contribution in [3.63, 3.8) is 0 Å². The summed E-state index contributed by atoms with van der Waals surface area (Å²) in [6, 6.07) is 5.01. The van der Waals surface area contributed by atoms with Gasteiger partial charge in [0, 0.05) is 14.0 Å². The first-order valence-corrected chi connectivity index (χ1v) is 8.96. The third kappa shape index (κ3) is 2.13. The van der Waals surface area contributed by atoms with Gasteiger partial charge in [0.05, 0.1) is 6.42 Å². The Kier molecular flexibility index (Phi) is 3.44. The Morgan fingerprint density at radius 2 is 1.92 bits per heavy atom. The zero-order valence-electron chi connectivity index (χ0n) is 15.0. The first-order valence-electron chi connectivity index (χ1n) is 8.96. The summed E-state index contributed by atoms with van der Waals surface area (Å²) >= 11 is 0. The maximum absolute atomic E-state index is 13.0. The quantitative estimate of drug-likeness (QED) is 0.739. The van der Waals surface area contributed by atoms with E-state index in [1.54, 1.807) is 18.9 Å². The summed E-state index contributed by atoms with van der Waals surface area (Å²) in [4.78, 5) is 32.9. The number of piperazine rings is 1. The number of hydrogen-bond acceptors (Lipinski definition) is 2. The predicted octanol–water partition coefficient (Wildman–Crippen LogP) is 2.36. The highest BCUT2D eigenvalue weighted by molar-refractivity contribution is 5.97. The van der Waals surface area contributed by atoms with Gasteiger partial charge in [0.15, 0.2) is 0 Å². The maximum atomic E-state index is 13.0. The van der Waals surface area contributed by atoms with Crippen LogP contribution in [0.2, 0.25) is 0 Å². The molecule has 1 unspecified atom stereocenters. The van der Waals surface area contributed by atoms with E-state index in [0.717, 1.165) is 24.8 Å². The molecule has 4 atom stereocenters. The highest BCUT2D eigenvalue weighted by Gasteiger charge is 2.62. The van der Waals surface area contributed by atoms with Gasteiger partial charge in [-0.05, 0) is 42.9 Å². The summed E-state index contributed by atoms with van der Waals surface area (Å²) < 4.78 is 0. The van der Waals surface area contributed by atoms with Gasteiger partial charge < -0.3 is 14.6 Å². The van der Waals surface area contributed by atoms with Crippen molar-refractivity contribution in [1.29, 1.82) is 0 Å². The zero-order valence-corrected chi connectivity index (χ0v) is 15.0. The smallest absolute Gasteiger partial charge is 0.256 e. The van der Waals surface area contributed by atoms with Crippen LogP contribution >= 0.6 is 0 Å². The van der Waals surface area contributed by atoms with Crippen LogP contribution < -0.4 is 0 Å². The molecule has 5 heteroatoms. The van der Waals surface area contributed by atoms with E-state index in [1.165, 1.54) is 16.0 Å². The molecular weight excluding hydrogens is 314 g/mol. The molecule has 0 radical (unpaired) electrons. The lowest BCUT2D eigenvalue weighted by molar-refractivity contribution is -0.159. The van der Waals surface area contributed by atoms with Crippen molar-refractivity contribution in [3.8, 4) is 0 Å². The Hall–Kier alpha value is -2.35. The number of aryl methyl sites for hydroxylation is 2. The molecule has 2 aliphatic heterocycles. The van der Waals surface area contributed by atoms with Crippen LogP contribution in [0.1, 0.15) is 49.4 Å². The Morgan fingerprint density at radius 1 is 1.20 bits per heavy atom. The number of benzene rings is 1. The van der Waals surface area contributed by atoms with Gasteiger partial charge in [0.25, 0.3) is 5.54 Å². The fraction of sp³-hybridized carbons (Fsp3) is 0.550. The van der Waals surface area contributed by atoms with Crippen molar-refractivity contribution >= 4 is 11.8 Å². The van der Waals surface area contributed by atoms with Crippen molar-refractivity contribution in [2.75, 3.05) is 7.05 Å². The van der Waals surface area contributed by atoms with Gasteiger partial charge in [-0.15, -0.1) is 0 Å². The highest BCUT2D eigenvalue weighted by atomic mass is 16.2. The Bertz CT molecular complexity index is 812. The number of amides is 2. The molecule has 0 aromatic heterocycles. The third-order valence-electron chi connectivity index (χ3n) is 6.33. The Labute approximate surface area is 148 Å². The summed E-state index contributed by atoms with van der Waals surface area (Å²) in [6.45, 7) is 11.4. The highest BCUT2D eigenvalue weighted by Crippen LogP contribution is 2.49. The van der Waals surface area contributed by atoms with Crippen LogP contribution in [-0.2, 0) is 22.4 Å². The Morgan fingerprint density at radius 3 is 2.64 bits per heavy atom. The average Bonchev–Trinajstić information content (AvgIpc) is 3.20. The second-order valence-corrected chi connectivity index (χ2v) is 7.84. The zero-order chi connectivity index (χ0) is 17.9. The molecule has 2 amide bonds. The van der Waals surface area contributed by atoms with Crippen molar-refractivity contribution in [3.05, 3.63) is 46.3 Å². The largest absolute Gasteiger partial charge is 0.332 e. The molecule has 3 aliphatic rings. The van der Waals surface area contributed by atoms with E-state index in [0.29, 0.717) is 6.42 Å². The lowest BCUT2D eigenvalue weighted by Gasteiger charge is -2.41. The van der Waals surface area contributed by atoms with Crippen LogP contribution in [0.15, 0.2) is 18.2 Å². The molecule has 1 aliphatic carbocycles. The van der Waals surface area contributed by atoms with Gasteiger partial charge in [-0.3, -0.25) is 9.59 Å². The number of hydrogen-bond donors (Lipinski definition) is 0. The molecule has 1 aromatic carbocycles.